The predicted octanol–water partition coefficient (Wildman–Crippen LogP) is 3.50. The highest BCUT2D eigenvalue weighted by Gasteiger charge is 2.26. The van der Waals surface area contributed by atoms with Crippen molar-refractivity contribution in [3.05, 3.63) is 22.2 Å². The van der Waals surface area contributed by atoms with Gasteiger partial charge in [-0.25, -0.2) is 0 Å². The molecule has 110 valence electrons. The van der Waals surface area contributed by atoms with Gasteiger partial charge < -0.3 is 5.11 Å². The SMILES string of the molecule is O=c1cc(O)nc(C2CCCCC2)n1C1CCCCC1. The Morgan fingerprint density at radius 2 is 1.60 bits per heavy atom. The zero-order valence-electron chi connectivity index (χ0n) is 12.1. The molecule has 0 bridgehead atoms. The second kappa shape index (κ2) is 5.98. The van der Waals surface area contributed by atoms with E-state index in [0.29, 0.717) is 12.0 Å². The molecule has 0 aliphatic heterocycles. The Bertz CT molecular complexity index is 512. The van der Waals surface area contributed by atoms with Gasteiger partial charge in [0.25, 0.3) is 5.56 Å². The van der Waals surface area contributed by atoms with E-state index in [1.54, 1.807) is 0 Å². The topological polar surface area (TPSA) is 55.1 Å². The summed E-state index contributed by atoms with van der Waals surface area (Å²) in [7, 11) is 0. The second-order valence-electron chi connectivity index (χ2n) is 6.31. The summed E-state index contributed by atoms with van der Waals surface area (Å²) in [6.45, 7) is 0. The fourth-order valence-corrected chi connectivity index (χ4v) is 3.85. The van der Waals surface area contributed by atoms with Crippen LogP contribution in [0.5, 0.6) is 5.88 Å². The largest absolute Gasteiger partial charge is 0.493 e. The van der Waals surface area contributed by atoms with Crippen LogP contribution in [0.1, 0.15) is 82.0 Å². The van der Waals surface area contributed by atoms with Crippen LogP contribution in [0.15, 0.2) is 10.9 Å². The molecule has 2 aliphatic rings. The van der Waals surface area contributed by atoms with Crippen molar-refractivity contribution < 1.29 is 5.11 Å². The molecule has 0 unspecified atom stereocenters. The van der Waals surface area contributed by atoms with Crippen LogP contribution in [0, 0.1) is 0 Å². The molecule has 1 N–H and O–H groups in total. The van der Waals surface area contributed by atoms with Crippen molar-refractivity contribution >= 4 is 0 Å². The van der Waals surface area contributed by atoms with Gasteiger partial charge in [0.15, 0.2) is 0 Å². The third-order valence-corrected chi connectivity index (χ3v) is 4.88. The van der Waals surface area contributed by atoms with Crippen molar-refractivity contribution in [2.75, 3.05) is 0 Å². The van der Waals surface area contributed by atoms with Crippen LogP contribution in [-0.4, -0.2) is 14.7 Å². The van der Waals surface area contributed by atoms with Gasteiger partial charge in [-0.05, 0) is 25.7 Å². The van der Waals surface area contributed by atoms with Crippen LogP contribution >= 0.6 is 0 Å². The maximum Gasteiger partial charge on any atom is 0.257 e. The predicted molar refractivity (Wildman–Crippen MR) is 78.1 cm³/mol. The van der Waals surface area contributed by atoms with E-state index >= 15 is 0 Å². The second-order valence-corrected chi connectivity index (χ2v) is 6.31. The Balaban J connectivity index is 1.99. The standard InChI is InChI=1S/C16H24N2O2/c19-14-11-15(20)18(13-9-5-2-6-10-13)16(17-14)12-7-3-1-4-8-12/h11-13,19H,1-10H2. The summed E-state index contributed by atoms with van der Waals surface area (Å²) in [6.07, 6.45) is 11.7. The van der Waals surface area contributed by atoms with E-state index < -0.39 is 0 Å². The van der Waals surface area contributed by atoms with E-state index in [1.807, 2.05) is 4.57 Å². The minimum atomic E-state index is -0.109. The normalized spacial score (nSPS) is 22.0. The first-order valence-electron chi connectivity index (χ1n) is 8.08. The maximum atomic E-state index is 12.4. The third kappa shape index (κ3) is 2.74. The molecule has 2 fully saturated rings. The molecular weight excluding hydrogens is 252 g/mol. The summed E-state index contributed by atoms with van der Waals surface area (Å²) in [5.74, 6) is 1.09. The zero-order valence-corrected chi connectivity index (χ0v) is 12.1. The summed E-state index contributed by atoms with van der Waals surface area (Å²) in [5, 5.41) is 9.72. The molecule has 4 heteroatoms. The fraction of sp³-hybridized carbons (Fsp3) is 0.750. The molecule has 0 aromatic carbocycles. The molecule has 2 aliphatic carbocycles. The Kier molecular flexibility index (Phi) is 4.08. The van der Waals surface area contributed by atoms with Crippen LogP contribution in [0.2, 0.25) is 0 Å². The Morgan fingerprint density at radius 3 is 2.25 bits per heavy atom. The lowest BCUT2D eigenvalue weighted by molar-refractivity contribution is 0.310. The average molecular weight is 276 g/mol. The maximum absolute atomic E-state index is 12.4. The van der Waals surface area contributed by atoms with E-state index in [0.717, 1.165) is 31.5 Å². The lowest BCUT2D eigenvalue weighted by Crippen LogP contribution is -2.31. The van der Waals surface area contributed by atoms with Gasteiger partial charge in [0.2, 0.25) is 5.88 Å². The van der Waals surface area contributed by atoms with Gasteiger partial charge >= 0.3 is 0 Å². The van der Waals surface area contributed by atoms with Crippen LogP contribution < -0.4 is 5.56 Å². The van der Waals surface area contributed by atoms with Crippen molar-refractivity contribution in [3.63, 3.8) is 0 Å². The number of aromatic nitrogens is 2. The summed E-state index contributed by atoms with van der Waals surface area (Å²) in [4.78, 5) is 16.7. The number of rotatable bonds is 2. The van der Waals surface area contributed by atoms with E-state index in [2.05, 4.69) is 4.98 Å². The number of aromatic hydroxyl groups is 1. The summed E-state index contributed by atoms with van der Waals surface area (Å²) < 4.78 is 1.91. The van der Waals surface area contributed by atoms with Gasteiger partial charge in [-0.3, -0.25) is 9.36 Å². The quantitative estimate of drug-likeness (QED) is 0.899. The van der Waals surface area contributed by atoms with Crippen LogP contribution in [0.4, 0.5) is 0 Å². The first-order chi connectivity index (χ1) is 9.75. The molecule has 0 amide bonds. The lowest BCUT2D eigenvalue weighted by atomic mass is 9.87. The van der Waals surface area contributed by atoms with Crippen molar-refractivity contribution in [1.82, 2.24) is 9.55 Å². The summed E-state index contributed by atoms with van der Waals surface area (Å²) in [5.41, 5.74) is -0.0648. The Labute approximate surface area is 119 Å². The minimum absolute atomic E-state index is 0.0648. The molecule has 2 saturated carbocycles. The summed E-state index contributed by atoms with van der Waals surface area (Å²) >= 11 is 0. The van der Waals surface area contributed by atoms with Crippen molar-refractivity contribution in [1.29, 1.82) is 0 Å². The number of nitrogens with zero attached hydrogens (tertiary/aromatic N) is 2. The van der Waals surface area contributed by atoms with E-state index in [-0.39, 0.29) is 11.4 Å². The molecular formula is C16H24N2O2. The van der Waals surface area contributed by atoms with E-state index in [1.165, 1.54) is 44.6 Å². The Morgan fingerprint density at radius 1 is 1.00 bits per heavy atom. The van der Waals surface area contributed by atoms with Gasteiger partial charge in [-0.1, -0.05) is 38.5 Å². The highest BCUT2D eigenvalue weighted by Crippen LogP contribution is 2.35. The minimum Gasteiger partial charge on any atom is -0.493 e. The molecule has 3 rings (SSSR count). The van der Waals surface area contributed by atoms with E-state index in [9.17, 15) is 9.90 Å². The number of hydrogen-bond acceptors (Lipinski definition) is 3. The fourth-order valence-electron chi connectivity index (χ4n) is 3.85. The van der Waals surface area contributed by atoms with Crippen molar-refractivity contribution in [2.24, 2.45) is 0 Å². The van der Waals surface area contributed by atoms with Crippen LogP contribution in [0.25, 0.3) is 0 Å². The van der Waals surface area contributed by atoms with Crippen LogP contribution in [0.3, 0.4) is 0 Å². The van der Waals surface area contributed by atoms with E-state index in [4.69, 9.17) is 0 Å². The molecule has 20 heavy (non-hydrogen) atoms. The van der Waals surface area contributed by atoms with Gasteiger partial charge in [0.1, 0.15) is 5.82 Å². The molecule has 0 spiro atoms. The molecule has 0 radical (unpaired) electrons. The molecule has 4 nitrogen and oxygen atoms in total. The highest BCUT2D eigenvalue weighted by molar-refractivity contribution is 5.13. The molecule has 1 heterocycles. The first-order valence-corrected chi connectivity index (χ1v) is 8.08. The summed E-state index contributed by atoms with van der Waals surface area (Å²) in [6, 6.07) is 1.57. The Hall–Kier alpha value is -1.32. The zero-order chi connectivity index (χ0) is 13.9. The molecule has 1 aromatic rings. The average Bonchev–Trinajstić information content (AvgIpc) is 2.48. The van der Waals surface area contributed by atoms with Gasteiger partial charge in [0.05, 0.1) is 6.07 Å². The lowest BCUT2D eigenvalue weighted by Gasteiger charge is -2.30. The van der Waals surface area contributed by atoms with Gasteiger partial charge in [-0.2, -0.15) is 4.98 Å². The smallest absolute Gasteiger partial charge is 0.257 e. The molecule has 1 aromatic heterocycles. The van der Waals surface area contributed by atoms with Gasteiger partial charge in [-0.15, -0.1) is 0 Å². The van der Waals surface area contributed by atoms with Gasteiger partial charge in [0, 0.05) is 12.0 Å². The van der Waals surface area contributed by atoms with Crippen LogP contribution in [-0.2, 0) is 0 Å². The highest BCUT2D eigenvalue weighted by atomic mass is 16.3. The first kappa shape index (κ1) is 13.7. The van der Waals surface area contributed by atoms with Crippen molar-refractivity contribution in [2.45, 2.75) is 76.2 Å². The number of hydrogen-bond donors (Lipinski definition) is 1. The monoisotopic (exact) mass is 276 g/mol. The molecule has 0 saturated heterocycles. The molecule has 0 atom stereocenters. The van der Waals surface area contributed by atoms with Crippen molar-refractivity contribution in [3.8, 4) is 5.88 Å². The third-order valence-electron chi connectivity index (χ3n) is 4.88.